The Morgan fingerprint density at radius 3 is 2.88 bits per heavy atom. The summed E-state index contributed by atoms with van der Waals surface area (Å²) >= 11 is 6.07. The van der Waals surface area contributed by atoms with Gasteiger partial charge in [-0.15, -0.1) is 11.8 Å². The Labute approximate surface area is 105 Å². The van der Waals surface area contributed by atoms with Crippen LogP contribution in [0.2, 0.25) is 0 Å². The number of hydrogen-bond donors (Lipinski definition) is 1. The number of thiocarbonyl (C=S) groups is 1. The number of nitrogens with one attached hydrogen (secondary N) is 1. The summed E-state index contributed by atoms with van der Waals surface area (Å²) < 4.78 is 24.4. The van der Waals surface area contributed by atoms with E-state index in [0.717, 1.165) is 11.3 Å². The number of thioether (sulfide) groups is 1. The third kappa shape index (κ3) is 5.55. The molecular formula is C9H11N2O2S3. The van der Waals surface area contributed by atoms with Crippen molar-refractivity contribution >= 4 is 39.4 Å². The zero-order chi connectivity index (χ0) is 12.0. The second kappa shape index (κ2) is 6.29. The second-order valence-electron chi connectivity index (χ2n) is 3.04. The van der Waals surface area contributed by atoms with Crippen LogP contribution in [0.25, 0.3) is 0 Å². The average molecular weight is 275 g/mol. The molecule has 7 heteroatoms. The first-order valence-electron chi connectivity index (χ1n) is 4.40. The molecule has 0 aliphatic rings. The van der Waals surface area contributed by atoms with E-state index >= 15 is 0 Å². The number of hydrogen-bond acceptors (Lipinski definition) is 5. The summed E-state index contributed by atoms with van der Waals surface area (Å²) in [4.78, 5) is 4.11. The molecule has 87 valence electrons. The molecule has 1 atom stereocenters. The van der Waals surface area contributed by atoms with Crippen molar-refractivity contribution in [1.29, 1.82) is 0 Å². The van der Waals surface area contributed by atoms with E-state index in [9.17, 15) is 8.42 Å². The Morgan fingerprint density at radius 2 is 2.38 bits per heavy atom. The minimum atomic E-state index is -3.25. The maximum absolute atomic E-state index is 11.0. The van der Waals surface area contributed by atoms with Crippen molar-refractivity contribution in [3.05, 3.63) is 24.4 Å². The fourth-order valence-corrected chi connectivity index (χ4v) is 2.85. The number of pyridine rings is 1. The summed E-state index contributed by atoms with van der Waals surface area (Å²) in [5, 5.41) is 3.30. The van der Waals surface area contributed by atoms with Crippen LogP contribution < -0.4 is 4.72 Å². The molecule has 1 rings (SSSR count). The average Bonchev–Trinajstić information content (AvgIpc) is 2.24. The predicted octanol–water partition coefficient (Wildman–Crippen LogP) is 0.968. The Balaban J connectivity index is 2.50. The van der Waals surface area contributed by atoms with Crippen molar-refractivity contribution in [2.75, 3.05) is 12.0 Å². The van der Waals surface area contributed by atoms with Gasteiger partial charge in [-0.2, -0.15) is 0 Å². The molecule has 1 radical (unpaired) electrons. The first-order valence-corrected chi connectivity index (χ1v) is 7.68. The molecular weight excluding hydrogens is 264 g/mol. The Hall–Kier alpha value is -0.500. The summed E-state index contributed by atoms with van der Waals surface area (Å²) in [5.41, 5.74) is 0. The molecule has 0 spiro atoms. The second-order valence-corrected chi connectivity index (χ2v) is 6.10. The highest BCUT2D eigenvalue weighted by Crippen LogP contribution is 2.14. The van der Waals surface area contributed by atoms with Crippen LogP contribution in [0.4, 0.5) is 0 Å². The van der Waals surface area contributed by atoms with Gasteiger partial charge < -0.3 is 0 Å². The zero-order valence-electron chi connectivity index (χ0n) is 8.58. The maximum atomic E-state index is 11.0. The lowest BCUT2D eigenvalue weighted by Crippen LogP contribution is -2.36. The number of rotatable bonds is 6. The van der Waals surface area contributed by atoms with Crippen LogP contribution in [0.5, 0.6) is 0 Å². The molecule has 4 nitrogen and oxygen atoms in total. The van der Waals surface area contributed by atoms with Crippen LogP contribution >= 0.6 is 24.0 Å². The van der Waals surface area contributed by atoms with E-state index < -0.39 is 16.1 Å². The third-order valence-corrected chi connectivity index (χ3v) is 3.57. The first-order chi connectivity index (χ1) is 7.51. The molecule has 0 saturated heterocycles. The SMILES string of the molecule is CS(=O)(=O)NC([C]=S)CSc1ccccn1. The predicted molar refractivity (Wildman–Crippen MR) is 69.3 cm³/mol. The number of sulfonamides is 1. The van der Waals surface area contributed by atoms with Crippen LogP contribution in [-0.2, 0) is 10.0 Å². The van der Waals surface area contributed by atoms with Crippen molar-refractivity contribution in [2.45, 2.75) is 11.1 Å². The molecule has 0 amide bonds. The Bertz CT molecular complexity index is 433. The molecule has 16 heavy (non-hydrogen) atoms. The van der Waals surface area contributed by atoms with E-state index in [2.05, 4.69) is 27.3 Å². The third-order valence-electron chi connectivity index (χ3n) is 1.53. The minimum Gasteiger partial charge on any atom is -0.250 e. The summed E-state index contributed by atoms with van der Waals surface area (Å²) in [6.45, 7) is 0. The van der Waals surface area contributed by atoms with E-state index in [1.54, 1.807) is 6.20 Å². The largest absolute Gasteiger partial charge is 0.250 e. The molecule has 1 heterocycles. The summed E-state index contributed by atoms with van der Waals surface area (Å²) in [7, 11) is -3.25. The lowest BCUT2D eigenvalue weighted by molar-refractivity contribution is 0.586. The lowest BCUT2D eigenvalue weighted by atomic mass is 10.4. The van der Waals surface area contributed by atoms with Crippen LogP contribution in [0.1, 0.15) is 0 Å². The monoisotopic (exact) mass is 275 g/mol. The van der Waals surface area contributed by atoms with Crippen LogP contribution in [0.3, 0.4) is 0 Å². The minimum absolute atomic E-state index is 0.475. The summed E-state index contributed by atoms with van der Waals surface area (Å²) in [5.74, 6) is 0.480. The van der Waals surface area contributed by atoms with Crippen molar-refractivity contribution in [1.82, 2.24) is 9.71 Å². The zero-order valence-corrected chi connectivity index (χ0v) is 11.0. The molecule has 1 aromatic heterocycles. The molecule has 1 aromatic rings. The highest BCUT2D eigenvalue weighted by molar-refractivity contribution is 7.99. The summed E-state index contributed by atoms with van der Waals surface area (Å²) in [6.07, 6.45) is 2.78. The molecule has 0 aliphatic carbocycles. The van der Waals surface area contributed by atoms with Gasteiger partial charge in [-0.1, -0.05) is 18.3 Å². The van der Waals surface area contributed by atoms with E-state index in [1.165, 1.54) is 11.8 Å². The van der Waals surface area contributed by atoms with Crippen molar-refractivity contribution < 1.29 is 8.42 Å². The number of nitrogens with zero attached hydrogens (tertiary/aromatic N) is 1. The van der Waals surface area contributed by atoms with Crippen LogP contribution in [0, 0.1) is 0 Å². The van der Waals surface area contributed by atoms with Gasteiger partial charge in [0.25, 0.3) is 0 Å². The first kappa shape index (κ1) is 13.6. The molecule has 0 bridgehead atoms. The van der Waals surface area contributed by atoms with Gasteiger partial charge >= 0.3 is 0 Å². The molecule has 0 aromatic carbocycles. The highest BCUT2D eigenvalue weighted by Gasteiger charge is 2.12. The van der Waals surface area contributed by atoms with Gasteiger partial charge in [0.05, 0.1) is 17.3 Å². The highest BCUT2D eigenvalue weighted by atomic mass is 32.2. The lowest BCUT2D eigenvalue weighted by Gasteiger charge is -2.10. The topological polar surface area (TPSA) is 59.1 Å². The standard InChI is InChI=1S/C9H11N2O2S3/c1-16(12,13)11-8(6-14)7-15-9-4-2-3-5-10-9/h2-5,8,11H,7H2,1H3. The normalized spacial score (nSPS) is 13.3. The molecule has 1 unspecified atom stereocenters. The van der Waals surface area contributed by atoms with Crippen LogP contribution in [0.15, 0.2) is 29.4 Å². The maximum Gasteiger partial charge on any atom is 0.209 e. The van der Waals surface area contributed by atoms with Crippen molar-refractivity contribution in [3.8, 4) is 0 Å². The number of aromatic nitrogens is 1. The van der Waals surface area contributed by atoms with Gasteiger partial charge in [0.2, 0.25) is 10.0 Å². The van der Waals surface area contributed by atoms with Gasteiger partial charge in [0.1, 0.15) is 0 Å². The van der Waals surface area contributed by atoms with Gasteiger partial charge in [0, 0.05) is 17.3 Å². The van der Waals surface area contributed by atoms with E-state index in [4.69, 9.17) is 0 Å². The van der Waals surface area contributed by atoms with E-state index in [-0.39, 0.29) is 0 Å². The smallest absolute Gasteiger partial charge is 0.209 e. The van der Waals surface area contributed by atoms with E-state index in [1.807, 2.05) is 18.2 Å². The molecule has 0 aliphatic heterocycles. The van der Waals surface area contributed by atoms with Gasteiger partial charge in [-0.25, -0.2) is 18.1 Å². The van der Waals surface area contributed by atoms with Crippen molar-refractivity contribution in [3.63, 3.8) is 0 Å². The van der Waals surface area contributed by atoms with Gasteiger partial charge in [-0.3, -0.25) is 0 Å². The Kier molecular flexibility index (Phi) is 5.33. The van der Waals surface area contributed by atoms with Crippen molar-refractivity contribution in [2.24, 2.45) is 0 Å². The molecule has 1 N–H and O–H groups in total. The summed E-state index contributed by atoms with van der Waals surface area (Å²) in [6, 6.07) is 5.07. The van der Waals surface area contributed by atoms with E-state index in [0.29, 0.717) is 5.75 Å². The van der Waals surface area contributed by atoms with Gasteiger partial charge in [0.15, 0.2) is 0 Å². The van der Waals surface area contributed by atoms with Gasteiger partial charge in [-0.05, 0) is 12.1 Å². The quantitative estimate of drug-likeness (QED) is 0.619. The fourth-order valence-electron chi connectivity index (χ4n) is 0.952. The fraction of sp³-hybridized carbons (Fsp3) is 0.333. The Morgan fingerprint density at radius 1 is 1.62 bits per heavy atom. The molecule has 0 fully saturated rings. The van der Waals surface area contributed by atoms with Crippen LogP contribution in [-0.4, -0.2) is 36.8 Å². The molecule has 0 saturated carbocycles.